The molecule has 1 fully saturated rings. The Hall–Kier alpha value is -0.610. The van der Waals surface area contributed by atoms with Gasteiger partial charge >= 0.3 is 5.97 Å². The number of piperidine rings is 1. The van der Waals surface area contributed by atoms with E-state index in [4.69, 9.17) is 0 Å². The number of nitrogens with zero attached hydrogens (tertiary/aromatic N) is 1. The molecule has 3 atom stereocenters. The monoisotopic (exact) mass is 256 g/mol. The van der Waals surface area contributed by atoms with Crippen molar-refractivity contribution >= 4 is 5.97 Å². The van der Waals surface area contributed by atoms with Crippen molar-refractivity contribution in [2.75, 3.05) is 13.6 Å². The number of likely N-dealkylation sites (N-methyl/N-ethyl adjacent to an activating group) is 1. The van der Waals surface area contributed by atoms with Crippen molar-refractivity contribution in [2.45, 2.75) is 70.5 Å². The molecule has 0 radical (unpaired) electrons. The molecule has 0 aliphatic carbocycles. The summed E-state index contributed by atoms with van der Waals surface area (Å²) >= 11 is 0. The zero-order valence-corrected chi connectivity index (χ0v) is 12.2. The Labute approximate surface area is 111 Å². The summed E-state index contributed by atoms with van der Waals surface area (Å²) in [7, 11) is 1.73. The van der Waals surface area contributed by atoms with Crippen molar-refractivity contribution in [1.82, 2.24) is 10.2 Å². The van der Waals surface area contributed by atoms with Crippen molar-refractivity contribution < 1.29 is 9.90 Å². The van der Waals surface area contributed by atoms with Crippen LogP contribution in [-0.2, 0) is 4.79 Å². The maximum Gasteiger partial charge on any atom is 0.323 e. The lowest BCUT2D eigenvalue weighted by Gasteiger charge is -2.42. The molecule has 3 unspecified atom stereocenters. The van der Waals surface area contributed by atoms with Gasteiger partial charge in [-0.25, -0.2) is 0 Å². The fourth-order valence-corrected chi connectivity index (χ4v) is 3.05. The van der Waals surface area contributed by atoms with Gasteiger partial charge in [0.15, 0.2) is 0 Å². The van der Waals surface area contributed by atoms with Crippen LogP contribution in [0.3, 0.4) is 0 Å². The van der Waals surface area contributed by atoms with Crippen LogP contribution >= 0.6 is 0 Å². The number of likely N-dealkylation sites (tertiary alicyclic amines) is 1. The Balaban J connectivity index is 2.67. The first kappa shape index (κ1) is 15.4. The average molecular weight is 256 g/mol. The van der Waals surface area contributed by atoms with E-state index in [1.54, 1.807) is 14.0 Å². The second-order valence-corrected chi connectivity index (χ2v) is 5.74. The molecule has 0 amide bonds. The third kappa shape index (κ3) is 3.45. The second kappa shape index (κ2) is 6.53. The highest BCUT2D eigenvalue weighted by Crippen LogP contribution is 2.25. The normalized spacial score (nSPS) is 26.6. The number of hydrogen-bond acceptors (Lipinski definition) is 3. The molecule has 0 bridgehead atoms. The lowest BCUT2D eigenvalue weighted by molar-refractivity contribution is -0.145. The summed E-state index contributed by atoms with van der Waals surface area (Å²) in [5.41, 5.74) is -0.824. The third-order valence-electron chi connectivity index (χ3n) is 4.44. The number of hydrogen-bond donors (Lipinski definition) is 2. The zero-order valence-electron chi connectivity index (χ0n) is 12.2. The van der Waals surface area contributed by atoms with Crippen molar-refractivity contribution in [3.63, 3.8) is 0 Å². The van der Waals surface area contributed by atoms with Gasteiger partial charge in [-0.3, -0.25) is 9.69 Å². The van der Waals surface area contributed by atoms with Gasteiger partial charge in [-0.2, -0.15) is 0 Å². The first-order chi connectivity index (χ1) is 8.44. The molecule has 4 heteroatoms. The van der Waals surface area contributed by atoms with Gasteiger partial charge < -0.3 is 10.4 Å². The van der Waals surface area contributed by atoms with Gasteiger partial charge in [-0.05, 0) is 53.1 Å². The number of nitrogens with one attached hydrogen (secondary N) is 1. The lowest BCUT2D eigenvalue weighted by Crippen LogP contribution is -2.54. The smallest absolute Gasteiger partial charge is 0.323 e. The van der Waals surface area contributed by atoms with Crippen LogP contribution in [0.5, 0.6) is 0 Å². The van der Waals surface area contributed by atoms with Gasteiger partial charge in [0.1, 0.15) is 5.54 Å². The van der Waals surface area contributed by atoms with Crippen molar-refractivity contribution in [3.8, 4) is 0 Å². The van der Waals surface area contributed by atoms with E-state index in [0.29, 0.717) is 18.5 Å². The van der Waals surface area contributed by atoms with E-state index in [0.717, 1.165) is 13.0 Å². The van der Waals surface area contributed by atoms with Crippen molar-refractivity contribution in [2.24, 2.45) is 0 Å². The highest BCUT2D eigenvalue weighted by atomic mass is 16.4. The van der Waals surface area contributed by atoms with Gasteiger partial charge in [0.2, 0.25) is 0 Å². The summed E-state index contributed by atoms with van der Waals surface area (Å²) in [4.78, 5) is 13.8. The molecule has 18 heavy (non-hydrogen) atoms. The Morgan fingerprint density at radius 2 is 2.22 bits per heavy atom. The van der Waals surface area contributed by atoms with Crippen LogP contribution in [0.4, 0.5) is 0 Å². The molecule has 0 spiro atoms. The zero-order chi connectivity index (χ0) is 13.8. The Morgan fingerprint density at radius 3 is 2.72 bits per heavy atom. The van der Waals surface area contributed by atoms with Crippen LogP contribution in [0.25, 0.3) is 0 Å². The molecule has 0 aromatic carbocycles. The first-order valence-corrected chi connectivity index (χ1v) is 7.12. The van der Waals surface area contributed by atoms with Crippen LogP contribution in [-0.4, -0.2) is 47.2 Å². The number of aliphatic carboxylic acids is 1. The number of carboxylic acid groups (broad SMARTS) is 1. The van der Waals surface area contributed by atoms with E-state index >= 15 is 0 Å². The Kier molecular flexibility index (Phi) is 5.60. The molecule has 1 saturated heterocycles. The molecule has 1 aliphatic rings. The van der Waals surface area contributed by atoms with Gasteiger partial charge in [-0.15, -0.1) is 0 Å². The largest absolute Gasteiger partial charge is 0.480 e. The maximum absolute atomic E-state index is 11.3. The van der Waals surface area contributed by atoms with Crippen molar-refractivity contribution in [3.05, 3.63) is 0 Å². The lowest BCUT2D eigenvalue weighted by atomic mass is 9.90. The van der Waals surface area contributed by atoms with E-state index in [1.165, 1.54) is 19.3 Å². The summed E-state index contributed by atoms with van der Waals surface area (Å²) in [6.45, 7) is 7.27. The molecule has 1 aliphatic heterocycles. The van der Waals surface area contributed by atoms with Gasteiger partial charge in [0.25, 0.3) is 0 Å². The molecule has 0 aromatic heterocycles. The minimum Gasteiger partial charge on any atom is -0.480 e. The molecule has 0 saturated carbocycles. The standard InChI is InChI=1S/C14H28N2O2/c1-5-12-8-6-7-9-16(12)11(2)10-14(3,15-4)13(17)18/h11-12,15H,5-10H2,1-4H3,(H,17,18). The van der Waals surface area contributed by atoms with Crippen LogP contribution in [0, 0.1) is 0 Å². The van der Waals surface area contributed by atoms with Gasteiger partial charge in [0.05, 0.1) is 0 Å². The number of carbonyl (C=O) groups is 1. The van der Waals surface area contributed by atoms with E-state index in [1.807, 2.05) is 0 Å². The van der Waals surface area contributed by atoms with Crippen LogP contribution in [0.1, 0.15) is 52.9 Å². The highest BCUT2D eigenvalue weighted by molar-refractivity contribution is 5.78. The van der Waals surface area contributed by atoms with Gasteiger partial charge in [0, 0.05) is 12.1 Å². The average Bonchev–Trinajstić information content (AvgIpc) is 2.38. The third-order valence-corrected chi connectivity index (χ3v) is 4.44. The summed E-state index contributed by atoms with van der Waals surface area (Å²) in [5, 5.41) is 12.3. The van der Waals surface area contributed by atoms with Crippen LogP contribution in [0.2, 0.25) is 0 Å². The summed E-state index contributed by atoms with van der Waals surface area (Å²) in [6.07, 6.45) is 5.61. The molecule has 1 rings (SSSR count). The molecule has 2 N–H and O–H groups in total. The van der Waals surface area contributed by atoms with Gasteiger partial charge in [-0.1, -0.05) is 13.3 Å². The SMILES string of the molecule is CCC1CCCCN1C(C)CC(C)(NC)C(=O)O. The predicted octanol–water partition coefficient (Wildman–Crippen LogP) is 2.09. The van der Waals surface area contributed by atoms with Crippen molar-refractivity contribution in [1.29, 1.82) is 0 Å². The first-order valence-electron chi connectivity index (χ1n) is 7.12. The van der Waals surface area contributed by atoms with Crippen LogP contribution in [0.15, 0.2) is 0 Å². The summed E-state index contributed by atoms with van der Waals surface area (Å²) in [5.74, 6) is -0.762. The predicted molar refractivity (Wildman–Crippen MR) is 73.8 cm³/mol. The molecule has 4 nitrogen and oxygen atoms in total. The minimum absolute atomic E-state index is 0.309. The Morgan fingerprint density at radius 1 is 1.56 bits per heavy atom. The highest BCUT2D eigenvalue weighted by Gasteiger charge is 2.36. The minimum atomic E-state index is -0.824. The fourth-order valence-electron chi connectivity index (χ4n) is 3.05. The Bertz CT molecular complexity index is 283. The summed E-state index contributed by atoms with van der Waals surface area (Å²) < 4.78 is 0. The maximum atomic E-state index is 11.3. The van der Waals surface area contributed by atoms with E-state index in [9.17, 15) is 9.90 Å². The quantitative estimate of drug-likeness (QED) is 0.764. The number of carboxylic acids is 1. The van der Waals surface area contributed by atoms with Crippen LogP contribution < -0.4 is 5.32 Å². The molecule has 1 heterocycles. The fraction of sp³-hybridized carbons (Fsp3) is 0.929. The second-order valence-electron chi connectivity index (χ2n) is 5.74. The summed E-state index contributed by atoms with van der Waals surface area (Å²) in [6, 6.07) is 0.937. The van der Waals surface area contributed by atoms with E-state index in [2.05, 4.69) is 24.1 Å². The topological polar surface area (TPSA) is 52.6 Å². The molecular formula is C14H28N2O2. The molecule has 106 valence electrons. The number of rotatable bonds is 6. The van der Waals surface area contributed by atoms with E-state index < -0.39 is 11.5 Å². The molecule has 0 aromatic rings. The molecular weight excluding hydrogens is 228 g/mol. The van der Waals surface area contributed by atoms with E-state index in [-0.39, 0.29) is 0 Å².